The van der Waals surface area contributed by atoms with Crippen LogP contribution in [0.5, 0.6) is 0 Å². The lowest BCUT2D eigenvalue weighted by Crippen LogP contribution is -2.22. The Morgan fingerprint density at radius 2 is 1.73 bits per heavy atom. The minimum Gasteiger partial charge on any atom is -0.458 e. The summed E-state index contributed by atoms with van der Waals surface area (Å²) in [7, 11) is 0. The van der Waals surface area contributed by atoms with Crippen LogP contribution >= 0.6 is 0 Å². The topological polar surface area (TPSA) is 61.8 Å². The van der Waals surface area contributed by atoms with E-state index in [1.54, 1.807) is 12.2 Å². The lowest BCUT2D eigenvalue weighted by atomic mass is 10.1. The van der Waals surface area contributed by atoms with Crippen LogP contribution in [0.25, 0.3) is 0 Å². The molecule has 1 aliphatic rings. The summed E-state index contributed by atoms with van der Waals surface area (Å²) < 4.78 is 16.6. The largest absolute Gasteiger partial charge is 0.458 e. The quantitative estimate of drug-likeness (QED) is 0.147. The van der Waals surface area contributed by atoms with Gasteiger partial charge in [-0.15, -0.1) is 0 Å². The van der Waals surface area contributed by atoms with Crippen LogP contribution in [-0.2, 0) is 23.8 Å². The van der Waals surface area contributed by atoms with Gasteiger partial charge in [-0.25, -0.2) is 0 Å². The zero-order valence-corrected chi connectivity index (χ0v) is 19.4. The van der Waals surface area contributed by atoms with Gasteiger partial charge in [-0.3, -0.25) is 9.59 Å². The first-order valence-corrected chi connectivity index (χ1v) is 12.2. The molecule has 1 heterocycles. The van der Waals surface area contributed by atoms with Crippen LogP contribution in [0.3, 0.4) is 0 Å². The Kier molecular flexibility index (Phi) is 16.6. The highest BCUT2D eigenvalue weighted by Gasteiger charge is 2.13. The van der Waals surface area contributed by atoms with Crippen molar-refractivity contribution in [3.05, 3.63) is 12.2 Å². The first kappa shape index (κ1) is 26.8. The number of ether oxygens (including phenoxy) is 3. The molecule has 0 aromatic rings. The average molecular weight is 425 g/mol. The molecule has 1 saturated heterocycles. The van der Waals surface area contributed by atoms with Gasteiger partial charge in [-0.2, -0.15) is 0 Å². The number of unbranched alkanes of at least 4 members (excludes halogenated alkanes) is 8. The van der Waals surface area contributed by atoms with E-state index in [4.69, 9.17) is 14.2 Å². The Morgan fingerprint density at radius 3 is 2.40 bits per heavy atom. The van der Waals surface area contributed by atoms with E-state index in [0.29, 0.717) is 6.42 Å². The Morgan fingerprint density at radius 1 is 1.00 bits per heavy atom. The molecule has 0 spiro atoms. The molecule has 1 rings (SSSR count). The van der Waals surface area contributed by atoms with Crippen LogP contribution < -0.4 is 0 Å². The molecule has 1 aliphatic heterocycles. The Labute approximate surface area is 183 Å². The molecule has 0 amide bonds. The molecule has 0 saturated carbocycles. The van der Waals surface area contributed by atoms with Crippen molar-refractivity contribution in [3.63, 3.8) is 0 Å². The molecule has 5 nitrogen and oxygen atoms in total. The molecule has 0 radical (unpaired) electrons. The van der Waals surface area contributed by atoms with Crippen LogP contribution in [0.4, 0.5) is 0 Å². The maximum Gasteiger partial charge on any atom is 0.303 e. The van der Waals surface area contributed by atoms with Crippen LogP contribution in [0.15, 0.2) is 12.2 Å². The first-order valence-electron chi connectivity index (χ1n) is 12.2. The number of carbonyl (C=O) groups excluding carboxylic acids is 2. The monoisotopic (exact) mass is 424 g/mol. The van der Waals surface area contributed by atoms with E-state index in [1.807, 2.05) is 0 Å². The Balaban J connectivity index is 1.98. The molecule has 174 valence electrons. The zero-order chi connectivity index (χ0) is 21.9. The number of hydrogen-bond donors (Lipinski definition) is 0. The van der Waals surface area contributed by atoms with Gasteiger partial charge in [-0.1, -0.05) is 51.9 Å². The molecule has 1 unspecified atom stereocenters. The van der Waals surface area contributed by atoms with Crippen molar-refractivity contribution in [2.75, 3.05) is 13.2 Å². The maximum atomic E-state index is 12.0. The third-order valence-electron chi connectivity index (χ3n) is 5.42. The molecule has 1 fully saturated rings. The van der Waals surface area contributed by atoms with E-state index in [0.717, 1.165) is 71.0 Å². The van der Waals surface area contributed by atoms with Gasteiger partial charge in [0.1, 0.15) is 6.10 Å². The number of esters is 1. The predicted octanol–water partition coefficient (Wildman–Crippen LogP) is 6.29. The molecule has 5 heteroatoms. The van der Waals surface area contributed by atoms with Crippen molar-refractivity contribution in [1.29, 1.82) is 0 Å². The third kappa shape index (κ3) is 15.6. The van der Waals surface area contributed by atoms with E-state index in [1.165, 1.54) is 39.0 Å². The minimum atomic E-state index is -0.289. The van der Waals surface area contributed by atoms with E-state index < -0.39 is 0 Å². The van der Waals surface area contributed by atoms with Crippen LogP contribution in [0, 0.1) is 0 Å². The molecular formula is C25H44O5. The third-order valence-corrected chi connectivity index (χ3v) is 5.42. The van der Waals surface area contributed by atoms with Gasteiger partial charge < -0.3 is 14.2 Å². The van der Waals surface area contributed by atoms with Gasteiger partial charge in [0, 0.05) is 26.6 Å². The van der Waals surface area contributed by atoms with Crippen molar-refractivity contribution in [1.82, 2.24) is 0 Å². The number of allylic oxidation sites excluding steroid dienone is 1. The van der Waals surface area contributed by atoms with E-state index in [2.05, 4.69) is 6.92 Å². The highest BCUT2D eigenvalue weighted by molar-refractivity contribution is 5.89. The van der Waals surface area contributed by atoms with Gasteiger partial charge in [0.15, 0.2) is 12.1 Å². The van der Waals surface area contributed by atoms with Gasteiger partial charge in [-0.05, 0) is 57.1 Å². The van der Waals surface area contributed by atoms with Gasteiger partial charge >= 0.3 is 5.97 Å². The summed E-state index contributed by atoms with van der Waals surface area (Å²) in [6, 6.07) is 0. The van der Waals surface area contributed by atoms with Crippen molar-refractivity contribution in [2.24, 2.45) is 0 Å². The molecule has 2 atom stereocenters. The fraction of sp³-hybridized carbons (Fsp3) is 0.840. The molecule has 30 heavy (non-hydrogen) atoms. The van der Waals surface area contributed by atoms with Crippen LogP contribution in [0.2, 0.25) is 0 Å². The van der Waals surface area contributed by atoms with Crippen molar-refractivity contribution >= 4 is 11.8 Å². The molecular weight excluding hydrogens is 380 g/mol. The van der Waals surface area contributed by atoms with Gasteiger partial charge in [0.05, 0.1) is 0 Å². The van der Waals surface area contributed by atoms with Crippen LogP contribution in [-0.4, -0.2) is 37.4 Å². The lowest BCUT2D eigenvalue weighted by Gasteiger charge is -2.22. The lowest BCUT2D eigenvalue weighted by molar-refractivity contribution is -0.162. The fourth-order valence-corrected chi connectivity index (χ4v) is 3.64. The number of carbonyl (C=O) groups is 2. The van der Waals surface area contributed by atoms with E-state index in [9.17, 15) is 9.59 Å². The highest BCUT2D eigenvalue weighted by atomic mass is 16.7. The first-order chi connectivity index (χ1) is 14.6. The summed E-state index contributed by atoms with van der Waals surface area (Å²) in [5, 5.41) is 0. The molecule has 0 aromatic heterocycles. The maximum absolute atomic E-state index is 12.0. The van der Waals surface area contributed by atoms with Gasteiger partial charge in [0.25, 0.3) is 0 Å². The van der Waals surface area contributed by atoms with Crippen molar-refractivity contribution in [2.45, 2.75) is 123 Å². The number of rotatable bonds is 18. The van der Waals surface area contributed by atoms with E-state index >= 15 is 0 Å². The zero-order valence-electron chi connectivity index (χ0n) is 19.4. The summed E-state index contributed by atoms with van der Waals surface area (Å²) in [6.07, 6.45) is 19.1. The Bertz CT molecular complexity index is 468. The molecule has 0 N–H and O–H groups in total. The standard InChI is InChI=1S/C25H44O5/c1-3-4-10-16-24(30-22(2)26)19-18-23(27)15-11-8-6-5-7-9-13-20-28-25-17-12-14-21-29-25/h18-19,24-25H,3-17,20-21H2,1-2H3/b19-18+/t24-,25?/m1/s1. The van der Waals surface area contributed by atoms with Crippen LogP contribution in [0.1, 0.15) is 110 Å². The Hall–Kier alpha value is -1.20. The average Bonchev–Trinajstić information content (AvgIpc) is 2.73. The molecule has 0 aliphatic carbocycles. The predicted molar refractivity (Wildman–Crippen MR) is 120 cm³/mol. The molecule has 0 aromatic carbocycles. The number of hydrogen-bond acceptors (Lipinski definition) is 5. The summed E-state index contributed by atoms with van der Waals surface area (Å²) in [6.45, 7) is 5.20. The summed E-state index contributed by atoms with van der Waals surface area (Å²) >= 11 is 0. The molecule has 0 bridgehead atoms. The normalized spacial score (nSPS) is 17.9. The highest BCUT2D eigenvalue weighted by Crippen LogP contribution is 2.15. The smallest absolute Gasteiger partial charge is 0.303 e. The van der Waals surface area contributed by atoms with E-state index in [-0.39, 0.29) is 24.1 Å². The fourth-order valence-electron chi connectivity index (χ4n) is 3.64. The minimum absolute atomic E-state index is 0.0333. The second-order valence-electron chi connectivity index (χ2n) is 8.36. The second-order valence-corrected chi connectivity index (χ2v) is 8.36. The SMILES string of the molecule is CCCCC[C@H](/C=C/C(=O)CCCCCCCCCOC1CCCCO1)OC(C)=O. The van der Waals surface area contributed by atoms with Crippen molar-refractivity contribution < 1.29 is 23.8 Å². The summed E-state index contributed by atoms with van der Waals surface area (Å²) in [5.41, 5.74) is 0. The summed E-state index contributed by atoms with van der Waals surface area (Å²) in [4.78, 5) is 23.3. The van der Waals surface area contributed by atoms with Gasteiger partial charge in [0.2, 0.25) is 0 Å². The summed E-state index contributed by atoms with van der Waals surface area (Å²) in [5.74, 6) is -0.160. The number of ketones is 1. The second kappa shape index (κ2) is 18.6. The van der Waals surface area contributed by atoms with Crippen molar-refractivity contribution in [3.8, 4) is 0 Å².